The number of hydrogen-bond donors (Lipinski definition) is 0. The lowest BCUT2D eigenvalue weighted by Crippen LogP contribution is -2.45. The van der Waals surface area contributed by atoms with Crippen LogP contribution in [0.25, 0.3) is 11.3 Å². The predicted octanol–water partition coefficient (Wildman–Crippen LogP) is 5.30. The summed E-state index contributed by atoms with van der Waals surface area (Å²) in [6.45, 7) is 9.08. The highest BCUT2D eigenvalue weighted by Crippen LogP contribution is 2.34. The Hall–Kier alpha value is -3.24. The van der Waals surface area contributed by atoms with Gasteiger partial charge < -0.3 is 14.2 Å². The second-order valence-electron chi connectivity index (χ2n) is 10.1. The number of ether oxygens (including phenoxy) is 1. The maximum atomic E-state index is 13.8. The van der Waals surface area contributed by atoms with E-state index in [-0.39, 0.29) is 11.9 Å². The Balaban J connectivity index is 0.00000181. The number of hydrogen-bond acceptors (Lipinski definition) is 7. The number of methoxy groups -OCH3 is 1. The predicted molar refractivity (Wildman–Crippen MR) is 153 cm³/mol. The average Bonchev–Trinajstić information content (AvgIpc) is 3.40. The number of nitrogens with zero attached hydrogens (tertiary/aromatic N) is 4. The fourth-order valence-electron chi connectivity index (χ4n) is 5.74. The van der Waals surface area contributed by atoms with Gasteiger partial charge in [0.15, 0.2) is 0 Å². The van der Waals surface area contributed by atoms with Crippen molar-refractivity contribution in [3.05, 3.63) is 59.1 Å². The zero-order valence-corrected chi connectivity index (χ0v) is 25.0. The van der Waals surface area contributed by atoms with Gasteiger partial charge in [0.05, 0.1) is 18.6 Å². The van der Waals surface area contributed by atoms with E-state index in [9.17, 15) is 13.2 Å². The quantitative estimate of drug-likeness (QED) is 0.381. The number of aryl methyl sites for hydroxylation is 2. The molecule has 1 fully saturated rings. The minimum absolute atomic E-state index is 0.0252. The van der Waals surface area contributed by atoms with Crippen LogP contribution in [0, 0.1) is 13.8 Å². The van der Waals surface area contributed by atoms with Crippen LogP contribution in [0.4, 0.5) is 0 Å². The molecule has 1 aromatic carbocycles. The minimum atomic E-state index is -3.71. The molecule has 0 spiro atoms. The standard InChI is InChI=1S/C28H34N4O5S.C2H6/c1-19-16-23(36-3)17-20(2)28(19)38(34,35)32-14-5-4-6-22(32)7-8-26(33)31-15-11-25-24(18-31)27(30-37-25)21-9-12-29-13-10-21;1-2/h9-10,12-13,16-17,22H,4-8,11,14-15,18H2,1-3H3;1-2H3. The number of piperidine rings is 1. The highest BCUT2D eigenvalue weighted by atomic mass is 32.2. The molecule has 2 aromatic heterocycles. The van der Waals surface area contributed by atoms with Crippen LogP contribution < -0.4 is 4.74 Å². The summed E-state index contributed by atoms with van der Waals surface area (Å²) in [7, 11) is -2.14. The van der Waals surface area contributed by atoms with Crippen molar-refractivity contribution in [2.45, 2.75) is 83.7 Å². The van der Waals surface area contributed by atoms with Crippen molar-refractivity contribution in [2.75, 3.05) is 20.2 Å². The summed E-state index contributed by atoms with van der Waals surface area (Å²) in [5.74, 6) is 1.48. The van der Waals surface area contributed by atoms with Gasteiger partial charge in [0.25, 0.3) is 0 Å². The van der Waals surface area contributed by atoms with Crippen LogP contribution in [-0.4, -0.2) is 59.9 Å². The lowest BCUT2D eigenvalue weighted by molar-refractivity contribution is -0.132. The molecule has 1 atom stereocenters. The van der Waals surface area contributed by atoms with Crippen LogP contribution in [0.2, 0.25) is 0 Å². The fraction of sp³-hybridized carbons (Fsp3) is 0.500. The smallest absolute Gasteiger partial charge is 0.243 e. The van der Waals surface area contributed by atoms with Gasteiger partial charge in [-0.3, -0.25) is 9.78 Å². The maximum absolute atomic E-state index is 13.8. The Morgan fingerprint density at radius 1 is 1.10 bits per heavy atom. The molecule has 1 saturated heterocycles. The Morgan fingerprint density at radius 2 is 1.80 bits per heavy atom. The maximum Gasteiger partial charge on any atom is 0.243 e. The monoisotopic (exact) mass is 568 g/mol. The van der Waals surface area contributed by atoms with E-state index in [0.29, 0.717) is 60.7 Å². The number of benzene rings is 1. The van der Waals surface area contributed by atoms with E-state index in [1.807, 2.05) is 30.9 Å². The highest BCUT2D eigenvalue weighted by molar-refractivity contribution is 7.89. The summed E-state index contributed by atoms with van der Waals surface area (Å²) < 4.78 is 40.2. The number of rotatable bonds is 7. The van der Waals surface area contributed by atoms with Gasteiger partial charge in [0, 0.05) is 55.5 Å². The molecule has 0 bridgehead atoms. The molecule has 0 aliphatic carbocycles. The topological polar surface area (TPSA) is 106 Å². The normalized spacial score (nSPS) is 17.5. The molecule has 2 aliphatic heterocycles. The van der Waals surface area contributed by atoms with Crippen LogP contribution in [0.3, 0.4) is 0 Å². The average molecular weight is 569 g/mol. The molecule has 0 N–H and O–H groups in total. The lowest BCUT2D eigenvalue weighted by Gasteiger charge is -2.36. The summed E-state index contributed by atoms with van der Waals surface area (Å²) in [4.78, 5) is 19.6. The molecule has 1 unspecified atom stereocenters. The van der Waals surface area contributed by atoms with Crippen molar-refractivity contribution in [1.29, 1.82) is 0 Å². The van der Waals surface area contributed by atoms with Gasteiger partial charge in [0.1, 0.15) is 17.2 Å². The Labute approximate surface area is 237 Å². The van der Waals surface area contributed by atoms with Crippen LogP contribution >= 0.6 is 0 Å². The molecule has 1 amide bonds. The Morgan fingerprint density at radius 3 is 2.48 bits per heavy atom. The van der Waals surface area contributed by atoms with Crippen LogP contribution in [0.1, 0.15) is 68.4 Å². The largest absolute Gasteiger partial charge is 0.497 e. The first-order chi connectivity index (χ1) is 19.3. The molecule has 3 aromatic rings. The number of carbonyl (C=O) groups excluding carboxylic acids is 1. The second-order valence-corrected chi connectivity index (χ2v) is 12.0. The third-order valence-corrected chi connectivity index (χ3v) is 9.89. The summed E-state index contributed by atoms with van der Waals surface area (Å²) in [6, 6.07) is 7.07. The minimum Gasteiger partial charge on any atom is -0.497 e. The fourth-order valence-corrected chi connectivity index (χ4v) is 7.88. The zero-order chi connectivity index (χ0) is 28.9. The number of sulfonamides is 1. The molecule has 9 nitrogen and oxygen atoms in total. The van der Waals surface area contributed by atoms with Gasteiger partial charge in [-0.05, 0) is 68.5 Å². The van der Waals surface area contributed by atoms with Crippen molar-refractivity contribution in [3.63, 3.8) is 0 Å². The van der Waals surface area contributed by atoms with E-state index >= 15 is 0 Å². The van der Waals surface area contributed by atoms with Gasteiger partial charge in [-0.15, -0.1) is 0 Å². The molecule has 0 saturated carbocycles. The van der Waals surface area contributed by atoms with Crippen molar-refractivity contribution in [2.24, 2.45) is 0 Å². The third kappa shape index (κ3) is 6.07. The third-order valence-electron chi connectivity index (χ3n) is 7.63. The summed E-state index contributed by atoms with van der Waals surface area (Å²) in [5, 5.41) is 4.25. The molecular weight excluding hydrogens is 528 g/mol. The van der Waals surface area contributed by atoms with Gasteiger partial charge in [-0.25, -0.2) is 8.42 Å². The molecule has 5 rings (SSSR count). The summed E-state index contributed by atoms with van der Waals surface area (Å²) >= 11 is 0. The van der Waals surface area contributed by atoms with E-state index in [1.54, 1.807) is 49.8 Å². The number of fused-ring (bicyclic) bond motifs is 1. The first kappa shape index (κ1) is 29.7. The van der Waals surface area contributed by atoms with E-state index in [2.05, 4.69) is 10.1 Å². The number of pyridine rings is 1. The SMILES string of the molecule is CC.COc1cc(C)c(S(=O)(=O)N2CCCCC2CCC(=O)N2CCc3onc(-c4ccncc4)c3C2)c(C)c1. The van der Waals surface area contributed by atoms with E-state index < -0.39 is 10.0 Å². The number of carbonyl (C=O) groups is 1. The molecular formula is C30H40N4O5S. The number of amides is 1. The molecule has 40 heavy (non-hydrogen) atoms. The van der Waals surface area contributed by atoms with E-state index in [1.165, 1.54) is 0 Å². The summed E-state index contributed by atoms with van der Waals surface area (Å²) in [6.07, 6.45) is 7.34. The zero-order valence-electron chi connectivity index (χ0n) is 24.1. The van der Waals surface area contributed by atoms with Gasteiger partial charge in [0.2, 0.25) is 15.9 Å². The molecule has 2 aliphatic rings. The first-order valence-corrected chi connectivity index (χ1v) is 15.6. The van der Waals surface area contributed by atoms with Crippen molar-refractivity contribution < 1.29 is 22.5 Å². The Bertz CT molecular complexity index is 1400. The molecule has 216 valence electrons. The van der Waals surface area contributed by atoms with E-state index in [0.717, 1.165) is 41.8 Å². The van der Waals surface area contributed by atoms with E-state index in [4.69, 9.17) is 9.26 Å². The van der Waals surface area contributed by atoms with Gasteiger partial charge in [-0.1, -0.05) is 25.4 Å². The first-order valence-electron chi connectivity index (χ1n) is 14.1. The van der Waals surface area contributed by atoms with Crippen molar-refractivity contribution >= 4 is 15.9 Å². The lowest BCUT2D eigenvalue weighted by atomic mass is 9.99. The molecule has 4 heterocycles. The summed E-state index contributed by atoms with van der Waals surface area (Å²) in [5.41, 5.74) is 3.93. The highest BCUT2D eigenvalue weighted by Gasteiger charge is 2.36. The van der Waals surface area contributed by atoms with Gasteiger partial charge >= 0.3 is 0 Å². The van der Waals surface area contributed by atoms with Crippen molar-refractivity contribution in [3.8, 4) is 17.0 Å². The van der Waals surface area contributed by atoms with Crippen LogP contribution in [0.5, 0.6) is 5.75 Å². The van der Waals surface area contributed by atoms with Crippen molar-refractivity contribution in [1.82, 2.24) is 19.3 Å². The molecule has 0 radical (unpaired) electrons. The molecule has 10 heteroatoms. The second kappa shape index (κ2) is 13.0. The van der Waals surface area contributed by atoms with Gasteiger partial charge in [-0.2, -0.15) is 4.31 Å². The van der Waals surface area contributed by atoms with Crippen LogP contribution in [-0.2, 0) is 27.8 Å². The number of aromatic nitrogens is 2. The van der Waals surface area contributed by atoms with Crippen LogP contribution in [0.15, 0.2) is 46.1 Å². The Kier molecular flexibility index (Phi) is 9.63.